The average molecular weight is 308 g/mol. The SMILES string of the molecule is Cc1ccc(C=CC(=O)NC2CCC(C(=O)O)C2)cc1Cl. The van der Waals surface area contributed by atoms with E-state index in [1.54, 1.807) is 12.1 Å². The molecule has 0 heterocycles. The van der Waals surface area contributed by atoms with Crippen molar-refractivity contribution in [2.45, 2.75) is 32.2 Å². The number of benzene rings is 1. The van der Waals surface area contributed by atoms with Gasteiger partial charge in [-0.15, -0.1) is 0 Å². The predicted octanol–water partition coefficient (Wildman–Crippen LogP) is 3.03. The fourth-order valence-corrected chi connectivity index (χ4v) is 2.66. The van der Waals surface area contributed by atoms with E-state index in [1.165, 1.54) is 6.08 Å². The van der Waals surface area contributed by atoms with Crippen molar-refractivity contribution >= 4 is 29.6 Å². The van der Waals surface area contributed by atoms with E-state index in [4.69, 9.17) is 16.7 Å². The van der Waals surface area contributed by atoms with E-state index in [0.717, 1.165) is 11.1 Å². The summed E-state index contributed by atoms with van der Waals surface area (Å²) in [6.45, 7) is 1.92. The van der Waals surface area contributed by atoms with E-state index in [0.29, 0.717) is 24.3 Å². The summed E-state index contributed by atoms with van der Waals surface area (Å²) in [7, 11) is 0. The fraction of sp³-hybridized carbons (Fsp3) is 0.375. The van der Waals surface area contributed by atoms with Crippen molar-refractivity contribution in [1.29, 1.82) is 0 Å². The van der Waals surface area contributed by atoms with Crippen molar-refractivity contribution in [2.24, 2.45) is 5.92 Å². The summed E-state index contributed by atoms with van der Waals surface area (Å²) in [5.41, 5.74) is 1.85. The van der Waals surface area contributed by atoms with Gasteiger partial charge in [-0.3, -0.25) is 9.59 Å². The number of rotatable bonds is 4. The molecule has 4 nitrogen and oxygen atoms in total. The molecule has 1 saturated carbocycles. The van der Waals surface area contributed by atoms with Crippen LogP contribution in [0.1, 0.15) is 30.4 Å². The second kappa shape index (κ2) is 6.76. The molecule has 1 aromatic rings. The van der Waals surface area contributed by atoms with Gasteiger partial charge in [0.1, 0.15) is 0 Å². The first-order valence-corrected chi connectivity index (χ1v) is 7.31. The monoisotopic (exact) mass is 307 g/mol. The third-order valence-corrected chi connectivity index (χ3v) is 4.16. The Morgan fingerprint density at radius 3 is 2.76 bits per heavy atom. The first kappa shape index (κ1) is 15.6. The number of halogens is 1. The smallest absolute Gasteiger partial charge is 0.306 e. The molecule has 112 valence electrons. The second-order valence-electron chi connectivity index (χ2n) is 5.40. The van der Waals surface area contributed by atoms with Gasteiger partial charge in [0.05, 0.1) is 5.92 Å². The molecule has 1 aliphatic carbocycles. The zero-order valence-corrected chi connectivity index (χ0v) is 12.6. The Balaban J connectivity index is 1.88. The number of aliphatic carboxylic acids is 1. The highest BCUT2D eigenvalue weighted by Crippen LogP contribution is 2.25. The van der Waals surface area contributed by atoms with Crippen LogP contribution >= 0.6 is 11.6 Å². The highest BCUT2D eigenvalue weighted by atomic mass is 35.5. The summed E-state index contributed by atoms with van der Waals surface area (Å²) in [5.74, 6) is -1.32. The third kappa shape index (κ3) is 4.33. The van der Waals surface area contributed by atoms with Gasteiger partial charge in [0, 0.05) is 17.1 Å². The van der Waals surface area contributed by atoms with Crippen LogP contribution in [0, 0.1) is 12.8 Å². The van der Waals surface area contributed by atoms with Gasteiger partial charge >= 0.3 is 5.97 Å². The molecule has 2 unspecified atom stereocenters. The molecule has 1 amide bonds. The lowest BCUT2D eigenvalue weighted by molar-refractivity contribution is -0.141. The minimum Gasteiger partial charge on any atom is -0.481 e. The number of carboxylic acids is 1. The lowest BCUT2D eigenvalue weighted by atomic mass is 10.1. The maximum atomic E-state index is 11.8. The van der Waals surface area contributed by atoms with Crippen LogP contribution in [-0.2, 0) is 9.59 Å². The normalized spacial score (nSPS) is 21.6. The molecule has 5 heteroatoms. The summed E-state index contributed by atoms with van der Waals surface area (Å²) >= 11 is 6.02. The van der Waals surface area contributed by atoms with Gasteiger partial charge in [-0.2, -0.15) is 0 Å². The molecule has 1 aliphatic rings. The number of amides is 1. The van der Waals surface area contributed by atoms with E-state index < -0.39 is 5.97 Å². The number of carboxylic acid groups (broad SMARTS) is 1. The van der Waals surface area contributed by atoms with Crippen LogP contribution in [0.15, 0.2) is 24.3 Å². The molecule has 2 rings (SSSR count). The maximum absolute atomic E-state index is 11.8. The Kier molecular flexibility index (Phi) is 5.02. The van der Waals surface area contributed by atoms with Crippen LogP contribution in [0.4, 0.5) is 0 Å². The molecule has 0 bridgehead atoms. The average Bonchev–Trinajstić information content (AvgIpc) is 2.89. The van der Waals surface area contributed by atoms with Crippen LogP contribution in [0.2, 0.25) is 5.02 Å². The first-order valence-electron chi connectivity index (χ1n) is 6.93. The number of hydrogen-bond donors (Lipinski definition) is 2. The predicted molar refractivity (Wildman–Crippen MR) is 82.1 cm³/mol. The Bertz CT molecular complexity index is 583. The molecular formula is C16H18ClNO3. The number of carbonyl (C=O) groups excluding carboxylic acids is 1. The van der Waals surface area contributed by atoms with Crippen molar-refractivity contribution in [2.75, 3.05) is 0 Å². The largest absolute Gasteiger partial charge is 0.481 e. The van der Waals surface area contributed by atoms with Crippen LogP contribution < -0.4 is 5.32 Å². The molecule has 21 heavy (non-hydrogen) atoms. The van der Waals surface area contributed by atoms with Gasteiger partial charge in [0.15, 0.2) is 0 Å². The van der Waals surface area contributed by atoms with Crippen LogP contribution in [0.3, 0.4) is 0 Å². The van der Waals surface area contributed by atoms with E-state index >= 15 is 0 Å². The second-order valence-corrected chi connectivity index (χ2v) is 5.80. The Hall–Kier alpha value is -1.81. The standard InChI is InChI=1S/C16H18ClNO3/c1-10-2-3-11(8-14(10)17)4-7-15(19)18-13-6-5-12(9-13)16(20)21/h2-4,7-8,12-13H,5-6,9H2,1H3,(H,18,19)(H,20,21). The molecule has 0 spiro atoms. The maximum Gasteiger partial charge on any atom is 0.306 e. The fourth-order valence-electron chi connectivity index (χ4n) is 2.47. The minimum atomic E-state index is -0.781. The molecule has 1 aromatic carbocycles. The van der Waals surface area contributed by atoms with E-state index in [2.05, 4.69) is 5.32 Å². The lowest BCUT2D eigenvalue weighted by Crippen LogP contribution is -2.31. The summed E-state index contributed by atoms with van der Waals surface area (Å²) in [4.78, 5) is 22.7. The molecule has 0 aromatic heterocycles. The van der Waals surface area contributed by atoms with Gasteiger partial charge in [-0.1, -0.05) is 23.7 Å². The summed E-state index contributed by atoms with van der Waals surface area (Å²) in [6.07, 6.45) is 5.00. The van der Waals surface area contributed by atoms with Gasteiger partial charge in [0.25, 0.3) is 0 Å². The van der Waals surface area contributed by atoms with Crippen LogP contribution in [0.5, 0.6) is 0 Å². The Labute approximate surface area is 128 Å². The van der Waals surface area contributed by atoms with Gasteiger partial charge in [-0.25, -0.2) is 0 Å². The zero-order valence-electron chi connectivity index (χ0n) is 11.8. The van der Waals surface area contributed by atoms with Crippen LogP contribution in [-0.4, -0.2) is 23.0 Å². The minimum absolute atomic E-state index is 0.0511. The van der Waals surface area contributed by atoms with Crippen molar-refractivity contribution in [1.82, 2.24) is 5.32 Å². The van der Waals surface area contributed by atoms with E-state index in [1.807, 2.05) is 19.1 Å². The Morgan fingerprint density at radius 1 is 1.38 bits per heavy atom. The van der Waals surface area contributed by atoms with Gasteiger partial charge in [-0.05, 0) is 49.5 Å². The molecule has 0 radical (unpaired) electrons. The summed E-state index contributed by atoms with van der Waals surface area (Å²) in [6, 6.07) is 5.54. The number of hydrogen-bond acceptors (Lipinski definition) is 2. The molecule has 0 aliphatic heterocycles. The van der Waals surface area contributed by atoms with Crippen molar-refractivity contribution in [3.63, 3.8) is 0 Å². The Morgan fingerprint density at radius 2 is 2.14 bits per heavy atom. The first-order chi connectivity index (χ1) is 9.95. The van der Waals surface area contributed by atoms with Crippen LogP contribution in [0.25, 0.3) is 6.08 Å². The molecule has 2 N–H and O–H groups in total. The van der Waals surface area contributed by atoms with Crippen molar-refractivity contribution < 1.29 is 14.7 Å². The van der Waals surface area contributed by atoms with E-state index in [9.17, 15) is 9.59 Å². The van der Waals surface area contributed by atoms with E-state index in [-0.39, 0.29) is 17.9 Å². The number of nitrogens with one attached hydrogen (secondary N) is 1. The molecule has 2 atom stereocenters. The molecular weight excluding hydrogens is 290 g/mol. The number of carbonyl (C=O) groups is 2. The summed E-state index contributed by atoms with van der Waals surface area (Å²) in [5, 5.41) is 12.4. The molecule has 0 saturated heterocycles. The quantitative estimate of drug-likeness (QED) is 0.840. The summed E-state index contributed by atoms with van der Waals surface area (Å²) < 4.78 is 0. The van der Waals surface area contributed by atoms with Crippen molar-refractivity contribution in [3.8, 4) is 0 Å². The third-order valence-electron chi connectivity index (χ3n) is 3.75. The van der Waals surface area contributed by atoms with Crippen molar-refractivity contribution in [3.05, 3.63) is 40.4 Å². The topological polar surface area (TPSA) is 66.4 Å². The lowest BCUT2D eigenvalue weighted by Gasteiger charge is -2.10. The van der Waals surface area contributed by atoms with Gasteiger partial charge in [0.2, 0.25) is 5.91 Å². The van der Waals surface area contributed by atoms with Gasteiger partial charge < -0.3 is 10.4 Å². The molecule has 1 fully saturated rings. The highest BCUT2D eigenvalue weighted by Gasteiger charge is 2.30. The highest BCUT2D eigenvalue weighted by molar-refractivity contribution is 6.31. The number of aryl methyl sites for hydroxylation is 1. The zero-order chi connectivity index (χ0) is 15.4.